The average Bonchev–Trinajstić information content (AvgIpc) is 3.59. The molecule has 0 radical (unpaired) electrons. The van der Waals surface area contributed by atoms with Gasteiger partial charge in [0.2, 0.25) is 0 Å². The quantitative estimate of drug-likeness (QED) is 0.0696. The van der Waals surface area contributed by atoms with Crippen molar-refractivity contribution in [3.05, 3.63) is 192 Å². The van der Waals surface area contributed by atoms with Gasteiger partial charge in [0.1, 0.15) is 48.8 Å². The molecule has 13 heteroatoms. The van der Waals surface area contributed by atoms with E-state index < -0.39 is 79.8 Å². The van der Waals surface area contributed by atoms with Crippen LogP contribution in [0.5, 0.6) is 0 Å². The monoisotopic (exact) mass is 871 g/mol. The minimum absolute atomic E-state index is 0.0348. The standard InChI is InChI=1S/C51H53NO12/c1-2-27-58-50-42(52-48(55)38-25-15-16-26-39(38)49(52)56)43(54)44(40(28-53)62-50)64-51-47(61-32-37-23-13-6-14-24-37)46(60-31-36-21-11-5-12-22-36)45(59-30-35-19-9-4-10-20-35)41(63-51)33-57-29-34-17-7-3-8-18-34/h2-26,40-47,50-51,53-54H,1,27-33H2/t40-,41-,42-,43+,44-,45-,46+,47-,50+,51+/m1/s1. The van der Waals surface area contributed by atoms with Crippen LogP contribution in [-0.4, -0.2) is 108 Å². The van der Waals surface area contributed by atoms with Crippen LogP contribution in [0.15, 0.2) is 158 Å². The first-order valence-electron chi connectivity index (χ1n) is 21.5. The summed E-state index contributed by atoms with van der Waals surface area (Å²) >= 11 is 0. The van der Waals surface area contributed by atoms with E-state index in [-0.39, 0.29) is 50.8 Å². The summed E-state index contributed by atoms with van der Waals surface area (Å²) in [4.78, 5) is 28.8. The van der Waals surface area contributed by atoms with Gasteiger partial charge in [-0.15, -0.1) is 6.58 Å². The Labute approximate surface area is 372 Å². The molecule has 5 aromatic carbocycles. The van der Waals surface area contributed by atoms with Crippen molar-refractivity contribution in [2.45, 2.75) is 87.8 Å². The van der Waals surface area contributed by atoms with Crippen molar-refractivity contribution in [1.82, 2.24) is 4.90 Å². The summed E-state index contributed by atoms with van der Waals surface area (Å²) in [6, 6.07) is 43.8. The number of fused-ring (bicyclic) bond motifs is 1. The second-order valence-electron chi connectivity index (χ2n) is 15.8. The second kappa shape index (κ2) is 22.0. The largest absolute Gasteiger partial charge is 0.394 e. The Morgan fingerprint density at radius 3 is 1.50 bits per heavy atom. The Morgan fingerprint density at radius 2 is 1.00 bits per heavy atom. The highest BCUT2D eigenvalue weighted by atomic mass is 16.7. The van der Waals surface area contributed by atoms with Gasteiger partial charge < -0.3 is 48.1 Å². The van der Waals surface area contributed by atoms with E-state index in [0.29, 0.717) is 0 Å². The number of carbonyl (C=O) groups is 2. The van der Waals surface area contributed by atoms with Crippen molar-refractivity contribution in [3.63, 3.8) is 0 Å². The van der Waals surface area contributed by atoms with Crippen molar-refractivity contribution in [2.24, 2.45) is 0 Å². The summed E-state index contributed by atoms with van der Waals surface area (Å²) in [5.74, 6) is -1.27. The van der Waals surface area contributed by atoms with Gasteiger partial charge in [-0.1, -0.05) is 140 Å². The summed E-state index contributed by atoms with van der Waals surface area (Å²) in [5.41, 5.74) is 3.99. The molecule has 2 saturated heterocycles. The molecule has 0 aromatic heterocycles. The zero-order valence-corrected chi connectivity index (χ0v) is 35.3. The Hall–Kier alpha value is -5.42. The molecule has 3 aliphatic rings. The molecule has 2 fully saturated rings. The summed E-state index contributed by atoms with van der Waals surface area (Å²) in [6.45, 7) is 3.85. The number of imide groups is 1. The molecule has 5 aromatic rings. The maximum absolute atomic E-state index is 14.0. The number of amides is 2. The van der Waals surface area contributed by atoms with Crippen LogP contribution in [0.1, 0.15) is 43.0 Å². The van der Waals surface area contributed by atoms with E-state index >= 15 is 0 Å². The van der Waals surface area contributed by atoms with E-state index in [0.717, 1.165) is 27.2 Å². The molecule has 3 heterocycles. The minimum atomic E-state index is -1.66. The van der Waals surface area contributed by atoms with Crippen molar-refractivity contribution >= 4 is 11.8 Å². The van der Waals surface area contributed by atoms with Crippen molar-refractivity contribution in [1.29, 1.82) is 0 Å². The molecule has 0 saturated carbocycles. The third-order valence-corrected chi connectivity index (χ3v) is 11.5. The molecule has 0 spiro atoms. The van der Waals surface area contributed by atoms with Crippen LogP contribution in [-0.2, 0) is 64.3 Å². The number of carbonyl (C=O) groups excluding carboxylic acids is 2. The van der Waals surface area contributed by atoms with Crippen LogP contribution in [0.25, 0.3) is 0 Å². The number of rotatable bonds is 20. The third kappa shape index (κ3) is 10.6. The van der Waals surface area contributed by atoms with Crippen molar-refractivity contribution in [3.8, 4) is 0 Å². The lowest BCUT2D eigenvalue weighted by Crippen LogP contribution is -2.68. The molecule has 2 N–H and O–H groups in total. The van der Waals surface area contributed by atoms with Crippen molar-refractivity contribution in [2.75, 3.05) is 19.8 Å². The van der Waals surface area contributed by atoms with E-state index in [9.17, 15) is 19.8 Å². The van der Waals surface area contributed by atoms with Gasteiger partial charge in [0.15, 0.2) is 12.6 Å². The number of hydrogen-bond acceptors (Lipinski definition) is 12. The topological polar surface area (TPSA) is 152 Å². The van der Waals surface area contributed by atoms with Gasteiger partial charge in [0.25, 0.3) is 11.8 Å². The fourth-order valence-corrected chi connectivity index (χ4v) is 8.29. The van der Waals surface area contributed by atoms with Crippen LogP contribution in [0.2, 0.25) is 0 Å². The fourth-order valence-electron chi connectivity index (χ4n) is 8.29. The smallest absolute Gasteiger partial charge is 0.262 e. The highest BCUT2D eigenvalue weighted by Crippen LogP contribution is 2.37. The lowest BCUT2D eigenvalue weighted by atomic mass is 9.94. The first kappa shape index (κ1) is 45.2. The van der Waals surface area contributed by atoms with E-state index in [4.69, 9.17) is 37.9 Å². The van der Waals surface area contributed by atoms with E-state index in [2.05, 4.69) is 6.58 Å². The van der Waals surface area contributed by atoms with Gasteiger partial charge in [-0.25, -0.2) is 0 Å². The second-order valence-corrected chi connectivity index (χ2v) is 15.8. The average molecular weight is 872 g/mol. The van der Waals surface area contributed by atoms with E-state index in [1.807, 2.05) is 121 Å². The molecule has 2 amide bonds. The van der Waals surface area contributed by atoms with Crippen LogP contribution in [0.3, 0.4) is 0 Å². The molecule has 10 atom stereocenters. The Morgan fingerprint density at radius 1 is 0.547 bits per heavy atom. The van der Waals surface area contributed by atoms with Gasteiger partial charge in [0, 0.05) is 0 Å². The van der Waals surface area contributed by atoms with Crippen LogP contribution < -0.4 is 0 Å². The van der Waals surface area contributed by atoms with Crippen LogP contribution in [0.4, 0.5) is 0 Å². The van der Waals surface area contributed by atoms with Gasteiger partial charge in [-0.05, 0) is 34.4 Å². The lowest BCUT2D eigenvalue weighted by molar-refractivity contribution is -0.364. The Bertz CT molecular complexity index is 2210. The van der Waals surface area contributed by atoms with Gasteiger partial charge in [-0.2, -0.15) is 0 Å². The third-order valence-electron chi connectivity index (χ3n) is 11.5. The minimum Gasteiger partial charge on any atom is -0.394 e. The summed E-state index contributed by atoms with van der Waals surface area (Å²) in [7, 11) is 0. The lowest BCUT2D eigenvalue weighted by Gasteiger charge is -2.50. The van der Waals surface area contributed by atoms with Gasteiger partial charge in [-0.3, -0.25) is 14.5 Å². The number of aliphatic hydroxyl groups excluding tert-OH is 2. The Kier molecular flexibility index (Phi) is 15.5. The summed E-state index contributed by atoms with van der Waals surface area (Å²) < 4.78 is 52.7. The highest BCUT2D eigenvalue weighted by molar-refractivity contribution is 6.21. The first-order chi connectivity index (χ1) is 31.4. The van der Waals surface area contributed by atoms with E-state index in [1.54, 1.807) is 24.3 Å². The predicted octanol–water partition coefficient (Wildman–Crippen LogP) is 6.02. The summed E-state index contributed by atoms with van der Waals surface area (Å²) in [5, 5.41) is 23.3. The molecule has 8 rings (SSSR count). The molecular weight excluding hydrogens is 819 g/mol. The Balaban J connectivity index is 1.16. The maximum atomic E-state index is 14.0. The fraction of sp³-hybridized carbons (Fsp3) is 0.333. The van der Waals surface area contributed by atoms with Crippen molar-refractivity contribution < 1.29 is 57.7 Å². The van der Waals surface area contributed by atoms with Crippen LogP contribution in [0, 0.1) is 0 Å². The predicted molar refractivity (Wildman–Crippen MR) is 233 cm³/mol. The molecule has 334 valence electrons. The van der Waals surface area contributed by atoms with E-state index in [1.165, 1.54) is 6.08 Å². The molecule has 0 unspecified atom stereocenters. The molecule has 64 heavy (non-hydrogen) atoms. The normalized spacial score (nSPS) is 26.8. The highest BCUT2D eigenvalue weighted by Gasteiger charge is 2.57. The molecule has 0 bridgehead atoms. The number of aliphatic hydroxyl groups is 2. The molecule has 3 aliphatic heterocycles. The molecule has 13 nitrogen and oxygen atoms in total. The first-order valence-corrected chi connectivity index (χ1v) is 21.5. The van der Waals surface area contributed by atoms with Gasteiger partial charge >= 0.3 is 0 Å². The zero-order chi connectivity index (χ0) is 44.3. The summed E-state index contributed by atoms with van der Waals surface area (Å²) in [6.07, 6.45) is -9.03. The number of ether oxygens (including phenoxy) is 8. The number of hydrogen-bond donors (Lipinski definition) is 2. The molecular formula is C51H53NO12. The van der Waals surface area contributed by atoms with Gasteiger partial charge in [0.05, 0.1) is 57.4 Å². The maximum Gasteiger partial charge on any atom is 0.262 e. The molecule has 0 aliphatic carbocycles. The zero-order valence-electron chi connectivity index (χ0n) is 35.3. The SMILES string of the molecule is C=CCO[C@H]1O[C@H](CO)[C@@H](O[C@@H]2O[C@H](COCc3ccccc3)[C@@H](OCc3ccccc3)[C@H](OCc3ccccc3)[C@H]2OCc2ccccc2)[C@@H](O)[C@H]1N1C(=O)c2ccccc2C1=O. The number of benzene rings is 5. The number of nitrogens with zero attached hydrogens (tertiary/aromatic N) is 1. The van der Waals surface area contributed by atoms with Crippen LogP contribution >= 0.6 is 0 Å².